The van der Waals surface area contributed by atoms with Gasteiger partial charge in [0.05, 0.1) is 10.6 Å². The summed E-state index contributed by atoms with van der Waals surface area (Å²) >= 11 is 1.66. The highest BCUT2D eigenvalue weighted by Crippen LogP contribution is 2.27. The molecule has 0 aliphatic rings. The van der Waals surface area contributed by atoms with Gasteiger partial charge in [-0.15, -0.1) is 11.3 Å². The first kappa shape index (κ1) is 11.1. The number of nitrogens with zero attached hydrogens (tertiary/aromatic N) is 2. The molecule has 16 heavy (non-hydrogen) atoms. The molecule has 0 bridgehead atoms. The standard InChI is InChI=1S/C12H15N3S/c1-12(2,3)11-14-8(7-10(13)15-11)9-5-4-6-16-9/h4-7H,1-3H3,(H2,13,14,15). The number of hydrogen-bond acceptors (Lipinski definition) is 4. The molecule has 4 heteroatoms. The molecule has 0 aromatic carbocycles. The quantitative estimate of drug-likeness (QED) is 0.823. The summed E-state index contributed by atoms with van der Waals surface area (Å²) in [6.07, 6.45) is 0. The van der Waals surface area contributed by atoms with Crippen molar-refractivity contribution < 1.29 is 0 Å². The number of thiophene rings is 1. The Balaban J connectivity index is 2.53. The molecule has 2 aromatic heterocycles. The van der Waals surface area contributed by atoms with E-state index in [0.29, 0.717) is 5.82 Å². The molecule has 2 rings (SSSR count). The summed E-state index contributed by atoms with van der Waals surface area (Å²) in [7, 11) is 0. The second-order valence-corrected chi connectivity index (χ2v) is 5.68. The fourth-order valence-corrected chi connectivity index (χ4v) is 2.04. The first-order valence-electron chi connectivity index (χ1n) is 5.16. The van der Waals surface area contributed by atoms with Gasteiger partial charge in [-0.25, -0.2) is 9.97 Å². The van der Waals surface area contributed by atoms with E-state index >= 15 is 0 Å². The summed E-state index contributed by atoms with van der Waals surface area (Å²) in [6.45, 7) is 6.25. The zero-order valence-corrected chi connectivity index (χ0v) is 10.5. The van der Waals surface area contributed by atoms with Gasteiger partial charge in [0.25, 0.3) is 0 Å². The summed E-state index contributed by atoms with van der Waals surface area (Å²) in [5.41, 5.74) is 6.64. The molecular weight excluding hydrogens is 218 g/mol. The van der Waals surface area contributed by atoms with Gasteiger partial charge in [-0.2, -0.15) is 0 Å². The predicted octanol–water partition coefficient (Wildman–Crippen LogP) is 3.08. The molecule has 0 saturated carbocycles. The lowest BCUT2D eigenvalue weighted by Crippen LogP contribution is -2.17. The predicted molar refractivity (Wildman–Crippen MR) is 68.5 cm³/mol. The SMILES string of the molecule is CC(C)(C)c1nc(N)cc(-c2cccs2)n1. The van der Waals surface area contributed by atoms with Crippen molar-refractivity contribution in [1.82, 2.24) is 9.97 Å². The van der Waals surface area contributed by atoms with E-state index in [2.05, 4.69) is 30.7 Å². The third-order valence-corrected chi connectivity index (χ3v) is 3.08. The van der Waals surface area contributed by atoms with E-state index in [9.17, 15) is 0 Å². The van der Waals surface area contributed by atoms with Crippen LogP contribution in [0, 0.1) is 0 Å². The van der Waals surface area contributed by atoms with Crippen LogP contribution in [0.25, 0.3) is 10.6 Å². The second kappa shape index (κ2) is 3.87. The normalized spacial score (nSPS) is 11.7. The highest BCUT2D eigenvalue weighted by Gasteiger charge is 2.19. The lowest BCUT2D eigenvalue weighted by Gasteiger charge is -2.17. The maximum Gasteiger partial charge on any atom is 0.136 e. The van der Waals surface area contributed by atoms with Gasteiger partial charge in [-0.1, -0.05) is 26.8 Å². The van der Waals surface area contributed by atoms with Gasteiger partial charge in [0.2, 0.25) is 0 Å². The van der Waals surface area contributed by atoms with Crippen LogP contribution in [0.3, 0.4) is 0 Å². The van der Waals surface area contributed by atoms with E-state index in [-0.39, 0.29) is 5.41 Å². The number of rotatable bonds is 1. The molecular formula is C12H15N3S. The molecule has 0 spiro atoms. The first-order chi connectivity index (χ1) is 7.47. The molecule has 3 nitrogen and oxygen atoms in total. The maximum absolute atomic E-state index is 5.82. The summed E-state index contributed by atoms with van der Waals surface area (Å²) in [4.78, 5) is 9.98. The Bertz CT molecular complexity index is 483. The van der Waals surface area contributed by atoms with E-state index in [1.54, 1.807) is 11.3 Å². The Hall–Kier alpha value is -1.42. The molecule has 0 atom stereocenters. The Kier molecular flexibility index (Phi) is 2.68. The van der Waals surface area contributed by atoms with Gasteiger partial charge in [-0.05, 0) is 11.4 Å². The topological polar surface area (TPSA) is 51.8 Å². The number of hydrogen-bond donors (Lipinski definition) is 1. The van der Waals surface area contributed by atoms with E-state index < -0.39 is 0 Å². The van der Waals surface area contributed by atoms with Crippen molar-refractivity contribution in [3.63, 3.8) is 0 Å². The Morgan fingerprint density at radius 1 is 1.25 bits per heavy atom. The molecule has 0 radical (unpaired) electrons. The third-order valence-electron chi connectivity index (χ3n) is 2.19. The van der Waals surface area contributed by atoms with E-state index in [1.807, 2.05) is 23.6 Å². The maximum atomic E-state index is 5.82. The van der Waals surface area contributed by atoms with Crippen molar-refractivity contribution in [2.24, 2.45) is 0 Å². The van der Waals surface area contributed by atoms with Gasteiger partial charge < -0.3 is 5.73 Å². The van der Waals surface area contributed by atoms with Crippen LogP contribution in [0.4, 0.5) is 5.82 Å². The van der Waals surface area contributed by atoms with Gasteiger partial charge in [0, 0.05) is 11.5 Å². The summed E-state index contributed by atoms with van der Waals surface area (Å²) in [5.74, 6) is 1.32. The number of anilines is 1. The smallest absolute Gasteiger partial charge is 0.136 e. The van der Waals surface area contributed by atoms with Crippen molar-refractivity contribution in [2.45, 2.75) is 26.2 Å². The molecule has 0 aliphatic carbocycles. The summed E-state index contributed by atoms with van der Waals surface area (Å²) in [5, 5.41) is 2.03. The molecule has 84 valence electrons. The molecule has 2 N–H and O–H groups in total. The highest BCUT2D eigenvalue weighted by molar-refractivity contribution is 7.13. The number of nitrogen functional groups attached to an aromatic ring is 1. The average molecular weight is 233 g/mol. The molecule has 2 aromatic rings. The van der Waals surface area contributed by atoms with Gasteiger partial charge in [0.15, 0.2) is 0 Å². The van der Waals surface area contributed by atoms with E-state index in [1.165, 1.54) is 0 Å². The average Bonchev–Trinajstić information content (AvgIpc) is 2.68. The fourth-order valence-electron chi connectivity index (χ4n) is 1.35. The van der Waals surface area contributed by atoms with Gasteiger partial charge in [0.1, 0.15) is 11.6 Å². The van der Waals surface area contributed by atoms with Crippen LogP contribution in [0.5, 0.6) is 0 Å². The second-order valence-electron chi connectivity index (χ2n) is 4.73. The minimum Gasteiger partial charge on any atom is -0.384 e. The van der Waals surface area contributed by atoms with E-state index in [0.717, 1.165) is 16.4 Å². The zero-order valence-electron chi connectivity index (χ0n) is 9.69. The summed E-state index contributed by atoms with van der Waals surface area (Å²) < 4.78 is 0. The molecule has 0 aliphatic heterocycles. The first-order valence-corrected chi connectivity index (χ1v) is 6.04. The van der Waals surface area contributed by atoms with Crippen LogP contribution in [-0.4, -0.2) is 9.97 Å². The zero-order chi connectivity index (χ0) is 11.8. The van der Waals surface area contributed by atoms with Gasteiger partial charge in [-0.3, -0.25) is 0 Å². The van der Waals surface area contributed by atoms with Crippen molar-refractivity contribution in [3.8, 4) is 10.6 Å². The molecule has 0 fully saturated rings. The van der Waals surface area contributed by atoms with Crippen LogP contribution >= 0.6 is 11.3 Å². The van der Waals surface area contributed by atoms with Crippen molar-refractivity contribution >= 4 is 17.2 Å². The van der Waals surface area contributed by atoms with Crippen molar-refractivity contribution in [3.05, 3.63) is 29.4 Å². The summed E-state index contributed by atoms with van der Waals surface area (Å²) in [6, 6.07) is 5.87. The third kappa shape index (κ3) is 2.22. The lowest BCUT2D eigenvalue weighted by molar-refractivity contribution is 0.547. The lowest BCUT2D eigenvalue weighted by atomic mass is 9.95. The van der Waals surface area contributed by atoms with Crippen LogP contribution in [0.2, 0.25) is 0 Å². The van der Waals surface area contributed by atoms with Gasteiger partial charge >= 0.3 is 0 Å². The Morgan fingerprint density at radius 2 is 2.00 bits per heavy atom. The largest absolute Gasteiger partial charge is 0.384 e. The van der Waals surface area contributed by atoms with Crippen LogP contribution in [-0.2, 0) is 5.41 Å². The molecule has 0 saturated heterocycles. The highest BCUT2D eigenvalue weighted by atomic mass is 32.1. The number of nitrogens with two attached hydrogens (primary N) is 1. The Morgan fingerprint density at radius 3 is 2.56 bits per heavy atom. The van der Waals surface area contributed by atoms with Crippen molar-refractivity contribution in [1.29, 1.82) is 0 Å². The van der Waals surface area contributed by atoms with Crippen LogP contribution in [0.15, 0.2) is 23.6 Å². The van der Waals surface area contributed by atoms with Crippen molar-refractivity contribution in [2.75, 3.05) is 5.73 Å². The fraction of sp³-hybridized carbons (Fsp3) is 0.333. The molecule has 0 unspecified atom stereocenters. The van der Waals surface area contributed by atoms with Crippen LogP contribution in [0.1, 0.15) is 26.6 Å². The molecule has 2 heterocycles. The van der Waals surface area contributed by atoms with E-state index in [4.69, 9.17) is 5.73 Å². The Labute approximate surface area is 99.4 Å². The minimum absolute atomic E-state index is 0.0820. The molecule has 0 amide bonds. The monoisotopic (exact) mass is 233 g/mol. The minimum atomic E-state index is -0.0820. The van der Waals surface area contributed by atoms with Crippen LogP contribution < -0.4 is 5.73 Å². The number of aromatic nitrogens is 2.